The van der Waals surface area contributed by atoms with Crippen LogP contribution in [0.3, 0.4) is 0 Å². The van der Waals surface area contributed by atoms with E-state index in [4.69, 9.17) is 5.73 Å². The first kappa shape index (κ1) is 17.3. The number of aliphatic hydroxyl groups is 1. The Labute approximate surface area is 148 Å². The van der Waals surface area contributed by atoms with Crippen LogP contribution < -0.4 is 11.1 Å². The molecule has 4 fully saturated rings. The number of hydrogen-bond donors (Lipinski definition) is 3. The quantitative estimate of drug-likeness (QED) is 0.742. The minimum atomic E-state index is -0.0233. The van der Waals surface area contributed by atoms with Gasteiger partial charge in [-0.25, -0.2) is 0 Å². The Bertz CT molecular complexity index is 469. The molecule has 0 amide bonds. The van der Waals surface area contributed by atoms with Crippen LogP contribution in [0.4, 0.5) is 0 Å². The summed E-state index contributed by atoms with van der Waals surface area (Å²) >= 11 is 0. The van der Waals surface area contributed by atoms with Crippen LogP contribution in [-0.4, -0.2) is 30.3 Å². The zero-order valence-corrected chi connectivity index (χ0v) is 15.8. The molecule has 4 N–H and O–H groups in total. The third kappa shape index (κ3) is 2.49. The second-order valence-corrected chi connectivity index (χ2v) is 10.0. The molecule has 0 unspecified atom stereocenters. The van der Waals surface area contributed by atoms with Crippen molar-refractivity contribution in [2.45, 2.75) is 83.8 Å². The molecule has 0 aromatic carbocycles. The molecule has 0 radical (unpaired) electrons. The van der Waals surface area contributed by atoms with Crippen molar-refractivity contribution in [3.63, 3.8) is 0 Å². The van der Waals surface area contributed by atoms with Gasteiger partial charge < -0.3 is 16.2 Å². The maximum atomic E-state index is 10.1. The molecule has 0 spiro atoms. The smallest absolute Gasteiger partial charge is 0.0543 e. The summed E-state index contributed by atoms with van der Waals surface area (Å²) in [6.07, 6.45) is 11.7. The summed E-state index contributed by atoms with van der Waals surface area (Å²) in [7, 11) is 0. The first-order chi connectivity index (χ1) is 11.5. The molecular formula is C21H38N2O. The van der Waals surface area contributed by atoms with E-state index >= 15 is 0 Å². The van der Waals surface area contributed by atoms with Crippen molar-refractivity contribution in [1.82, 2.24) is 5.32 Å². The second-order valence-electron chi connectivity index (χ2n) is 10.0. The highest BCUT2D eigenvalue weighted by molar-refractivity contribution is 5.10. The predicted molar refractivity (Wildman–Crippen MR) is 98.6 cm³/mol. The van der Waals surface area contributed by atoms with Crippen LogP contribution in [0.5, 0.6) is 0 Å². The lowest BCUT2D eigenvalue weighted by Gasteiger charge is -2.61. The number of aliphatic hydroxyl groups excluding tert-OH is 1. The predicted octanol–water partition coefficient (Wildman–Crippen LogP) is 3.31. The van der Waals surface area contributed by atoms with Gasteiger partial charge in [0.05, 0.1) is 6.10 Å². The number of nitrogens with one attached hydrogen (secondary N) is 1. The summed E-state index contributed by atoms with van der Waals surface area (Å²) in [6, 6.07) is 0.686. The topological polar surface area (TPSA) is 58.3 Å². The van der Waals surface area contributed by atoms with Gasteiger partial charge in [0.25, 0.3) is 0 Å². The third-order valence-corrected chi connectivity index (χ3v) is 9.17. The van der Waals surface area contributed by atoms with Gasteiger partial charge in [-0.2, -0.15) is 0 Å². The molecule has 3 nitrogen and oxygen atoms in total. The van der Waals surface area contributed by atoms with E-state index in [-0.39, 0.29) is 6.10 Å². The maximum absolute atomic E-state index is 10.1. The monoisotopic (exact) mass is 334 g/mol. The molecule has 4 aliphatic carbocycles. The van der Waals surface area contributed by atoms with E-state index < -0.39 is 0 Å². The van der Waals surface area contributed by atoms with Gasteiger partial charge in [0.1, 0.15) is 0 Å². The number of rotatable bonds is 3. The van der Waals surface area contributed by atoms with Crippen LogP contribution in [0.1, 0.15) is 71.6 Å². The summed E-state index contributed by atoms with van der Waals surface area (Å²) in [5.41, 5.74) is 6.74. The van der Waals surface area contributed by atoms with Gasteiger partial charge in [0.2, 0.25) is 0 Å². The molecule has 3 heteroatoms. The van der Waals surface area contributed by atoms with Crippen molar-refractivity contribution in [2.24, 2.45) is 40.2 Å². The summed E-state index contributed by atoms with van der Waals surface area (Å²) < 4.78 is 0. The summed E-state index contributed by atoms with van der Waals surface area (Å²) in [5.74, 6) is 3.54. The molecule has 0 bridgehead atoms. The highest BCUT2D eigenvalue weighted by atomic mass is 16.3. The molecule has 0 aromatic rings. The van der Waals surface area contributed by atoms with Crippen molar-refractivity contribution < 1.29 is 5.11 Å². The van der Waals surface area contributed by atoms with Gasteiger partial charge >= 0.3 is 0 Å². The Morgan fingerprint density at radius 3 is 2.50 bits per heavy atom. The van der Waals surface area contributed by atoms with Gasteiger partial charge in [0, 0.05) is 19.1 Å². The highest BCUT2D eigenvalue weighted by Crippen LogP contribution is 2.66. The van der Waals surface area contributed by atoms with E-state index in [0.29, 0.717) is 16.9 Å². The second kappa shape index (κ2) is 6.25. The fourth-order valence-corrected chi connectivity index (χ4v) is 7.83. The van der Waals surface area contributed by atoms with Gasteiger partial charge in [-0.05, 0) is 92.3 Å². The van der Waals surface area contributed by atoms with Crippen molar-refractivity contribution in [3.8, 4) is 0 Å². The largest absolute Gasteiger partial charge is 0.393 e. The Hall–Kier alpha value is -0.120. The first-order valence-corrected chi connectivity index (χ1v) is 10.6. The van der Waals surface area contributed by atoms with Crippen molar-refractivity contribution in [3.05, 3.63) is 0 Å². The van der Waals surface area contributed by atoms with E-state index in [9.17, 15) is 5.11 Å². The molecule has 4 saturated carbocycles. The van der Waals surface area contributed by atoms with Crippen LogP contribution in [-0.2, 0) is 0 Å². The Kier molecular flexibility index (Phi) is 4.50. The van der Waals surface area contributed by atoms with Crippen LogP contribution in [0.2, 0.25) is 0 Å². The molecule has 8 atom stereocenters. The normalized spacial score (nSPS) is 54.0. The summed E-state index contributed by atoms with van der Waals surface area (Å²) in [6.45, 7) is 6.89. The minimum Gasteiger partial charge on any atom is -0.393 e. The average Bonchev–Trinajstić information content (AvgIpc) is 2.90. The molecule has 0 aromatic heterocycles. The van der Waals surface area contributed by atoms with E-state index in [1.807, 2.05) is 0 Å². The van der Waals surface area contributed by atoms with E-state index in [0.717, 1.165) is 49.6 Å². The standard InChI is InChI=1S/C21H38N2O/c1-20-9-7-15(24)13-14(20)3-4-16-17-5-6-19(23-12-11-22)21(17,2)10-8-18(16)20/h14-19,23-24H,3-13,22H2,1-2H3/t14-,15+,16-,17-,18+,19-,20-,21+/m1/s1. The molecule has 24 heavy (non-hydrogen) atoms. The maximum Gasteiger partial charge on any atom is 0.0543 e. The molecule has 4 rings (SSSR count). The lowest BCUT2D eigenvalue weighted by Crippen LogP contribution is -2.56. The van der Waals surface area contributed by atoms with Crippen molar-refractivity contribution in [1.29, 1.82) is 0 Å². The fraction of sp³-hybridized carbons (Fsp3) is 1.00. The van der Waals surface area contributed by atoms with E-state index in [1.165, 1.54) is 44.9 Å². The number of nitrogens with two attached hydrogens (primary N) is 1. The first-order valence-electron chi connectivity index (χ1n) is 10.6. The molecule has 0 aliphatic heterocycles. The lowest BCUT2D eigenvalue weighted by atomic mass is 9.45. The van der Waals surface area contributed by atoms with Gasteiger partial charge in [-0.15, -0.1) is 0 Å². The average molecular weight is 335 g/mol. The van der Waals surface area contributed by atoms with Crippen molar-refractivity contribution >= 4 is 0 Å². The van der Waals surface area contributed by atoms with E-state index in [2.05, 4.69) is 19.2 Å². The Morgan fingerprint density at radius 2 is 1.71 bits per heavy atom. The van der Waals surface area contributed by atoms with Gasteiger partial charge in [0.15, 0.2) is 0 Å². The number of hydrogen-bond acceptors (Lipinski definition) is 3. The summed E-state index contributed by atoms with van der Waals surface area (Å²) in [4.78, 5) is 0. The molecule has 138 valence electrons. The molecular weight excluding hydrogens is 296 g/mol. The molecule has 0 saturated heterocycles. The number of fused-ring (bicyclic) bond motifs is 5. The zero-order chi connectivity index (χ0) is 16.9. The fourth-order valence-electron chi connectivity index (χ4n) is 7.83. The van der Waals surface area contributed by atoms with Crippen LogP contribution >= 0.6 is 0 Å². The van der Waals surface area contributed by atoms with Crippen LogP contribution in [0, 0.1) is 34.5 Å². The SMILES string of the molecule is C[C@]12CC[C@H]3[C@H](CC[C@@H]4C[C@@H](O)CC[C@]43C)[C@H]1CC[C@H]2NCCN. The van der Waals surface area contributed by atoms with Crippen LogP contribution in [0.25, 0.3) is 0 Å². The van der Waals surface area contributed by atoms with Crippen molar-refractivity contribution in [2.75, 3.05) is 13.1 Å². The van der Waals surface area contributed by atoms with E-state index in [1.54, 1.807) is 0 Å². The Balaban J connectivity index is 1.54. The Morgan fingerprint density at radius 1 is 0.958 bits per heavy atom. The van der Waals surface area contributed by atoms with Gasteiger partial charge in [-0.1, -0.05) is 13.8 Å². The lowest BCUT2D eigenvalue weighted by molar-refractivity contribution is -0.123. The minimum absolute atomic E-state index is 0.0233. The highest BCUT2D eigenvalue weighted by Gasteiger charge is 2.59. The van der Waals surface area contributed by atoms with Gasteiger partial charge in [-0.3, -0.25) is 0 Å². The molecule has 0 heterocycles. The zero-order valence-electron chi connectivity index (χ0n) is 15.8. The van der Waals surface area contributed by atoms with Crippen LogP contribution in [0.15, 0.2) is 0 Å². The summed E-state index contributed by atoms with van der Waals surface area (Å²) in [5, 5.41) is 13.9. The third-order valence-electron chi connectivity index (χ3n) is 9.17. The molecule has 4 aliphatic rings.